The monoisotopic (exact) mass is 459 g/mol. The van der Waals surface area contributed by atoms with Gasteiger partial charge in [-0.3, -0.25) is 0 Å². The maximum absolute atomic E-state index is 6.12. The highest BCUT2D eigenvalue weighted by Crippen LogP contribution is 2.41. The minimum atomic E-state index is -0.472. The number of rotatable bonds is 5. The van der Waals surface area contributed by atoms with Gasteiger partial charge in [0.15, 0.2) is 5.76 Å². The van der Waals surface area contributed by atoms with Crippen molar-refractivity contribution in [2.24, 2.45) is 0 Å². The van der Waals surface area contributed by atoms with Gasteiger partial charge >= 0.3 is 0 Å². The van der Waals surface area contributed by atoms with Crippen LogP contribution >= 0.6 is 22.6 Å². The molecule has 4 rings (SSSR count). The Morgan fingerprint density at radius 3 is 2.65 bits per heavy atom. The van der Waals surface area contributed by atoms with Crippen LogP contribution in [0.1, 0.15) is 24.5 Å². The Labute approximate surface area is 165 Å². The molecule has 1 aliphatic heterocycles. The molecule has 0 bridgehead atoms. The second kappa shape index (κ2) is 7.63. The van der Waals surface area contributed by atoms with Gasteiger partial charge in [0.2, 0.25) is 6.29 Å². The summed E-state index contributed by atoms with van der Waals surface area (Å²) in [5.74, 6) is 1.54. The molecule has 1 aliphatic rings. The predicted molar refractivity (Wildman–Crippen MR) is 110 cm³/mol. The minimum Gasteiger partial charge on any atom is -0.486 e. The molecule has 0 aliphatic carbocycles. The van der Waals surface area contributed by atoms with Crippen LogP contribution in [0.15, 0.2) is 66.4 Å². The summed E-state index contributed by atoms with van der Waals surface area (Å²) in [6, 6.07) is 19.9. The van der Waals surface area contributed by atoms with E-state index < -0.39 is 6.29 Å². The molecule has 0 N–H and O–H groups in total. The number of ether oxygens (including phenoxy) is 3. The van der Waals surface area contributed by atoms with Crippen LogP contribution in [-0.2, 0) is 9.47 Å². The predicted octanol–water partition coefficient (Wildman–Crippen LogP) is 5.48. The van der Waals surface area contributed by atoms with Crippen molar-refractivity contribution in [1.29, 1.82) is 0 Å². The van der Waals surface area contributed by atoms with Gasteiger partial charge in [-0.1, -0.05) is 36.4 Å². The molecule has 26 heavy (non-hydrogen) atoms. The lowest BCUT2D eigenvalue weighted by Crippen LogP contribution is -2.19. The Bertz CT molecular complexity index is 956. The number of hydrogen-bond donors (Lipinski definition) is 0. The molecule has 2 heterocycles. The maximum atomic E-state index is 6.12. The number of para-hydroxylation sites is 2. The van der Waals surface area contributed by atoms with Gasteiger partial charge in [0.05, 0.1) is 14.8 Å². The lowest BCUT2D eigenvalue weighted by atomic mass is 10.1. The number of halogens is 1. The average Bonchev–Trinajstić information content (AvgIpc) is 2.69. The van der Waals surface area contributed by atoms with Gasteiger partial charge in [0, 0.05) is 17.6 Å². The Balaban J connectivity index is 1.72. The molecular weight excluding hydrogens is 441 g/mol. The second-order valence-corrected chi connectivity index (χ2v) is 6.94. The third-order valence-corrected chi connectivity index (χ3v) is 5.25. The van der Waals surface area contributed by atoms with E-state index in [4.69, 9.17) is 19.2 Å². The molecule has 0 spiro atoms. The van der Waals surface area contributed by atoms with E-state index in [0.29, 0.717) is 13.2 Å². The molecule has 1 aromatic heterocycles. The highest BCUT2D eigenvalue weighted by atomic mass is 127. The van der Waals surface area contributed by atoms with Crippen LogP contribution in [-0.4, -0.2) is 18.2 Å². The normalized spacial score (nSPS) is 16.3. The van der Waals surface area contributed by atoms with E-state index in [1.54, 1.807) is 0 Å². The molecule has 0 saturated carbocycles. The summed E-state index contributed by atoms with van der Waals surface area (Å²) in [4.78, 5) is 4.85. The van der Waals surface area contributed by atoms with Gasteiger partial charge in [-0.05, 0) is 53.8 Å². The Morgan fingerprint density at radius 1 is 1.08 bits per heavy atom. The molecule has 1 atom stereocenters. The van der Waals surface area contributed by atoms with Gasteiger partial charge in [0.25, 0.3) is 0 Å². The number of pyridine rings is 1. The highest BCUT2D eigenvalue weighted by molar-refractivity contribution is 14.1. The molecule has 0 amide bonds. The average molecular weight is 459 g/mol. The van der Waals surface area contributed by atoms with E-state index >= 15 is 0 Å². The summed E-state index contributed by atoms with van der Waals surface area (Å²) in [5.41, 5.74) is 2.82. The molecule has 132 valence electrons. The van der Waals surface area contributed by atoms with E-state index in [2.05, 4.69) is 34.7 Å². The highest BCUT2D eigenvalue weighted by Gasteiger charge is 2.29. The molecule has 1 unspecified atom stereocenters. The zero-order valence-corrected chi connectivity index (χ0v) is 16.5. The third kappa shape index (κ3) is 3.41. The number of fused-ring (bicyclic) bond motifs is 2. The molecule has 3 aromatic rings. The maximum Gasteiger partial charge on any atom is 0.228 e. The first-order chi connectivity index (χ1) is 12.8. The van der Waals surface area contributed by atoms with Crippen molar-refractivity contribution < 1.29 is 14.2 Å². The van der Waals surface area contributed by atoms with Gasteiger partial charge in [-0.25, -0.2) is 4.98 Å². The second-order valence-electron chi connectivity index (χ2n) is 5.86. The fourth-order valence-electron chi connectivity index (χ4n) is 2.90. The topological polar surface area (TPSA) is 40.6 Å². The summed E-state index contributed by atoms with van der Waals surface area (Å²) in [6.45, 7) is 2.85. The first-order valence-electron chi connectivity index (χ1n) is 8.51. The largest absolute Gasteiger partial charge is 0.486 e. The zero-order valence-electron chi connectivity index (χ0n) is 14.3. The number of nitrogens with zero attached hydrogens (tertiary/aromatic N) is 1. The van der Waals surface area contributed by atoms with E-state index in [-0.39, 0.29) is 0 Å². The SMILES string of the molecule is CCOC1OC(COc2ccccc2)=C(I)c2nc3ccccc3cc21. The van der Waals surface area contributed by atoms with Crippen LogP contribution < -0.4 is 4.74 Å². The number of hydrogen-bond acceptors (Lipinski definition) is 4. The summed E-state index contributed by atoms with van der Waals surface area (Å²) in [5, 5.41) is 1.08. The summed E-state index contributed by atoms with van der Waals surface area (Å²) in [6.07, 6.45) is -0.472. The Morgan fingerprint density at radius 2 is 1.85 bits per heavy atom. The van der Waals surface area contributed by atoms with E-state index in [0.717, 1.165) is 37.2 Å². The van der Waals surface area contributed by atoms with Crippen LogP contribution in [0.2, 0.25) is 0 Å². The van der Waals surface area contributed by atoms with Gasteiger partial charge in [-0.2, -0.15) is 0 Å². The van der Waals surface area contributed by atoms with Gasteiger partial charge in [-0.15, -0.1) is 0 Å². The lowest BCUT2D eigenvalue weighted by molar-refractivity contribution is -0.122. The first-order valence-corrected chi connectivity index (χ1v) is 9.59. The van der Waals surface area contributed by atoms with E-state index in [1.807, 2.05) is 55.5 Å². The fraction of sp³-hybridized carbons (Fsp3) is 0.190. The minimum absolute atomic E-state index is 0.333. The van der Waals surface area contributed by atoms with Crippen molar-refractivity contribution in [1.82, 2.24) is 4.98 Å². The van der Waals surface area contributed by atoms with Crippen LogP contribution in [0, 0.1) is 0 Å². The van der Waals surface area contributed by atoms with E-state index in [9.17, 15) is 0 Å². The van der Waals surface area contributed by atoms with Crippen LogP contribution in [0.4, 0.5) is 0 Å². The summed E-state index contributed by atoms with van der Waals surface area (Å²) < 4.78 is 18.8. The lowest BCUT2D eigenvalue weighted by Gasteiger charge is -2.28. The van der Waals surface area contributed by atoms with Crippen molar-refractivity contribution >= 4 is 37.1 Å². The smallest absolute Gasteiger partial charge is 0.228 e. The van der Waals surface area contributed by atoms with Crippen LogP contribution in [0.25, 0.3) is 14.5 Å². The van der Waals surface area contributed by atoms with Crippen molar-refractivity contribution in [3.63, 3.8) is 0 Å². The number of benzene rings is 2. The molecule has 0 fully saturated rings. The standard InChI is InChI=1S/C21H18INO3/c1-2-24-21-16-12-14-8-6-7-11-17(14)23-20(16)19(22)18(26-21)13-25-15-9-4-3-5-10-15/h3-12,21H,2,13H2,1H3. The third-order valence-electron chi connectivity index (χ3n) is 4.14. The summed E-state index contributed by atoms with van der Waals surface area (Å²) >= 11 is 2.28. The van der Waals surface area contributed by atoms with Gasteiger partial charge in [0.1, 0.15) is 12.4 Å². The number of aromatic nitrogens is 1. The van der Waals surface area contributed by atoms with Crippen molar-refractivity contribution in [2.45, 2.75) is 13.2 Å². The Kier molecular flexibility index (Phi) is 5.08. The van der Waals surface area contributed by atoms with Crippen LogP contribution in [0.3, 0.4) is 0 Å². The van der Waals surface area contributed by atoms with Crippen molar-refractivity contribution in [2.75, 3.05) is 13.2 Å². The van der Waals surface area contributed by atoms with Crippen molar-refractivity contribution in [3.8, 4) is 5.75 Å². The molecule has 0 radical (unpaired) electrons. The quantitative estimate of drug-likeness (QED) is 0.474. The first kappa shape index (κ1) is 17.3. The molecule has 5 heteroatoms. The zero-order chi connectivity index (χ0) is 17.9. The molecular formula is C21H18INO3. The van der Waals surface area contributed by atoms with Gasteiger partial charge < -0.3 is 14.2 Å². The van der Waals surface area contributed by atoms with Crippen LogP contribution in [0.5, 0.6) is 5.75 Å². The molecule has 0 saturated heterocycles. The fourth-order valence-corrected chi connectivity index (χ4v) is 3.62. The van der Waals surface area contributed by atoms with E-state index in [1.165, 1.54) is 0 Å². The molecule has 2 aromatic carbocycles. The molecule has 4 nitrogen and oxygen atoms in total. The Hall–Kier alpha value is -2.12. The van der Waals surface area contributed by atoms with Crippen molar-refractivity contribution in [3.05, 3.63) is 77.7 Å². The summed E-state index contributed by atoms with van der Waals surface area (Å²) in [7, 11) is 0.